The van der Waals surface area contributed by atoms with E-state index in [1.54, 1.807) is 0 Å². The van der Waals surface area contributed by atoms with Crippen LogP contribution in [0.4, 0.5) is 15.9 Å². The molecule has 1 aromatic heterocycles. The maximum atomic E-state index is 14.8. The molecule has 3 heterocycles. The Morgan fingerprint density at radius 3 is 2.38 bits per heavy atom. The van der Waals surface area contributed by atoms with Gasteiger partial charge in [-0.05, 0) is 44.0 Å². The normalized spacial score (nSPS) is 16.5. The summed E-state index contributed by atoms with van der Waals surface area (Å²) >= 11 is 0. The molecule has 0 aliphatic carbocycles. The first-order chi connectivity index (χ1) is 16.4. The van der Waals surface area contributed by atoms with E-state index >= 15 is 0 Å². The smallest absolute Gasteiger partial charge is 0.241 e. The molecular formula is C27H31FN6. The number of halogens is 1. The van der Waals surface area contributed by atoms with Crippen molar-refractivity contribution in [3.8, 4) is 22.5 Å². The van der Waals surface area contributed by atoms with Gasteiger partial charge in [0.05, 0.1) is 0 Å². The predicted octanol–water partition coefficient (Wildman–Crippen LogP) is 4.18. The minimum Gasteiger partial charge on any atom is -0.385 e. The van der Waals surface area contributed by atoms with Gasteiger partial charge in [-0.25, -0.2) is 4.98 Å². The van der Waals surface area contributed by atoms with Crippen molar-refractivity contribution in [3.05, 3.63) is 66.1 Å². The van der Waals surface area contributed by atoms with Gasteiger partial charge in [0.2, 0.25) is 5.95 Å². The number of anilines is 2. The van der Waals surface area contributed by atoms with E-state index < -0.39 is 5.95 Å². The Kier molecular flexibility index (Phi) is 5.96. The largest absolute Gasteiger partial charge is 0.385 e. The van der Waals surface area contributed by atoms with Gasteiger partial charge in [-0.15, -0.1) is 0 Å². The molecule has 0 amide bonds. The summed E-state index contributed by atoms with van der Waals surface area (Å²) < 4.78 is 14.8. The lowest BCUT2D eigenvalue weighted by Crippen LogP contribution is -2.48. The number of hydrogen-bond acceptors (Lipinski definition) is 6. The van der Waals surface area contributed by atoms with Crippen molar-refractivity contribution < 1.29 is 4.39 Å². The number of nitrogens with zero attached hydrogens (tertiary/aromatic N) is 4. The second-order valence-electron chi connectivity index (χ2n) is 9.29. The summed E-state index contributed by atoms with van der Waals surface area (Å²) in [6.07, 6.45) is 0.885. The SMILES string of the molecule is C=C1NCCc2cc(-c3nc(-c4ccc(N5CCN(C(C)C)CC5)cc4)c(F)nc3N)ccc21. The summed E-state index contributed by atoms with van der Waals surface area (Å²) in [7, 11) is 0. The Balaban J connectivity index is 1.42. The van der Waals surface area contributed by atoms with Gasteiger partial charge in [0, 0.05) is 66.8 Å². The molecule has 176 valence electrons. The van der Waals surface area contributed by atoms with Crippen LogP contribution in [-0.4, -0.2) is 53.6 Å². The summed E-state index contributed by atoms with van der Waals surface area (Å²) in [6, 6.07) is 14.5. The number of nitrogens with two attached hydrogens (primary N) is 1. The van der Waals surface area contributed by atoms with Crippen LogP contribution in [-0.2, 0) is 6.42 Å². The van der Waals surface area contributed by atoms with Crippen LogP contribution < -0.4 is 16.0 Å². The van der Waals surface area contributed by atoms with Crippen molar-refractivity contribution >= 4 is 17.2 Å². The first-order valence-electron chi connectivity index (χ1n) is 11.9. The summed E-state index contributed by atoms with van der Waals surface area (Å²) in [5.41, 5.74) is 12.7. The number of piperazine rings is 1. The van der Waals surface area contributed by atoms with Crippen molar-refractivity contribution in [2.24, 2.45) is 0 Å². The standard InChI is InChI=1S/C27H31FN6/c1-17(2)33-12-14-34(15-13-33)22-7-4-19(5-8-22)24-26(28)32-27(29)25(31-24)21-6-9-23-18(3)30-11-10-20(23)16-21/h4-9,16-17,30H,3,10-15H2,1-2H3,(H2,29,32). The maximum Gasteiger partial charge on any atom is 0.241 e. The summed E-state index contributed by atoms with van der Waals surface area (Å²) in [6.45, 7) is 13.4. The van der Waals surface area contributed by atoms with Crippen LogP contribution in [0.1, 0.15) is 25.0 Å². The molecule has 34 heavy (non-hydrogen) atoms. The fourth-order valence-electron chi connectivity index (χ4n) is 4.84. The fraction of sp³-hybridized carbons (Fsp3) is 0.333. The minimum atomic E-state index is -0.657. The fourth-order valence-corrected chi connectivity index (χ4v) is 4.84. The molecule has 0 saturated carbocycles. The van der Waals surface area contributed by atoms with Gasteiger partial charge in [0.15, 0.2) is 5.82 Å². The molecule has 7 heteroatoms. The Labute approximate surface area is 200 Å². The van der Waals surface area contributed by atoms with Crippen LogP contribution in [0.15, 0.2) is 49.0 Å². The van der Waals surface area contributed by atoms with E-state index in [9.17, 15) is 4.39 Å². The highest BCUT2D eigenvalue weighted by molar-refractivity contribution is 5.77. The van der Waals surface area contributed by atoms with E-state index in [1.165, 1.54) is 5.56 Å². The van der Waals surface area contributed by atoms with Gasteiger partial charge < -0.3 is 16.0 Å². The molecule has 6 nitrogen and oxygen atoms in total. The van der Waals surface area contributed by atoms with Crippen LogP contribution >= 0.6 is 0 Å². The number of hydrogen-bond donors (Lipinski definition) is 2. The molecule has 0 radical (unpaired) electrons. The number of nitrogens with one attached hydrogen (secondary N) is 1. The predicted molar refractivity (Wildman–Crippen MR) is 137 cm³/mol. The Morgan fingerprint density at radius 1 is 0.971 bits per heavy atom. The number of aromatic nitrogens is 2. The van der Waals surface area contributed by atoms with E-state index in [0.717, 1.165) is 61.7 Å². The topological polar surface area (TPSA) is 70.3 Å². The third-order valence-electron chi connectivity index (χ3n) is 6.87. The van der Waals surface area contributed by atoms with E-state index in [-0.39, 0.29) is 11.5 Å². The van der Waals surface area contributed by atoms with Crippen LogP contribution in [0, 0.1) is 5.95 Å². The molecule has 0 bridgehead atoms. The van der Waals surface area contributed by atoms with Gasteiger partial charge in [-0.1, -0.05) is 30.8 Å². The first-order valence-corrected chi connectivity index (χ1v) is 11.9. The Morgan fingerprint density at radius 2 is 1.68 bits per heavy atom. The quantitative estimate of drug-likeness (QED) is 0.611. The third kappa shape index (κ3) is 4.23. The molecule has 2 aliphatic heterocycles. The van der Waals surface area contributed by atoms with Crippen LogP contribution in [0.3, 0.4) is 0 Å². The Hall–Kier alpha value is -3.45. The lowest BCUT2D eigenvalue weighted by Gasteiger charge is -2.38. The second-order valence-corrected chi connectivity index (χ2v) is 9.29. The number of fused-ring (bicyclic) bond motifs is 1. The van der Waals surface area contributed by atoms with E-state index in [2.05, 4.69) is 51.6 Å². The number of benzene rings is 2. The highest BCUT2D eigenvalue weighted by Gasteiger charge is 2.21. The van der Waals surface area contributed by atoms with E-state index in [1.807, 2.05) is 36.4 Å². The molecule has 0 atom stereocenters. The summed E-state index contributed by atoms with van der Waals surface area (Å²) in [5, 5.41) is 3.28. The van der Waals surface area contributed by atoms with Crippen molar-refractivity contribution in [1.82, 2.24) is 20.2 Å². The van der Waals surface area contributed by atoms with Crippen molar-refractivity contribution in [2.75, 3.05) is 43.4 Å². The third-order valence-corrected chi connectivity index (χ3v) is 6.87. The zero-order valence-electron chi connectivity index (χ0n) is 19.8. The summed E-state index contributed by atoms with van der Waals surface area (Å²) in [4.78, 5) is 13.5. The molecule has 0 unspecified atom stereocenters. The molecule has 3 N–H and O–H groups in total. The van der Waals surface area contributed by atoms with Gasteiger partial charge in [-0.2, -0.15) is 9.37 Å². The van der Waals surface area contributed by atoms with Crippen LogP contribution in [0.25, 0.3) is 28.2 Å². The van der Waals surface area contributed by atoms with E-state index in [0.29, 0.717) is 17.3 Å². The average Bonchev–Trinajstić information content (AvgIpc) is 2.84. The highest BCUT2D eigenvalue weighted by atomic mass is 19.1. The molecule has 5 rings (SSSR count). The minimum absolute atomic E-state index is 0.0913. The molecule has 0 spiro atoms. The van der Waals surface area contributed by atoms with Gasteiger partial charge >= 0.3 is 0 Å². The van der Waals surface area contributed by atoms with Crippen molar-refractivity contribution in [3.63, 3.8) is 0 Å². The Bertz CT molecular complexity index is 1210. The lowest BCUT2D eigenvalue weighted by atomic mass is 9.95. The molecule has 3 aromatic rings. The van der Waals surface area contributed by atoms with Gasteiger partial charge in [0.1, 0.15) is 11.4 Å². The number of nitrogen functional groups attached to an aromatic ring is 1. The first kappa shape index (κ1) is 22.3. The average molecular weight is 459 g/mol. The van der Waals surface area contributed by atoms with Crippen molar-refractivity contribution in [1.29, 1.82) is 0 Å². The maximum absolute atomic E-state index is 14.8. The van der Waals surface area contributed by atoms with E-state index in [4.69, 9.17) is 5.73 Å². The lowest BCUT2D eigenvalue weighted by molar-refractivity contribution is 0.209. The molecular weight excluding hydrogens is 427 g/mol. The second kappa shape index (κ2) is 9.06. The molecule has 2 aromatic carbocycles. The van der Waals surface area contributed by atoms with Crippen LogP contribution in [0.5, 0.6) is 0 Å². The monoisotopic (exact) mass is 458 g/mol. The molecule has 1 fully saturated rings. The number of rotatable bonds is 4. The van der Waals surface area contributed by atoms with Gasteiger partial charge in [0.25, 0.3) is 0 Å². The van der Waals surface area contributed by atoms with Crippen LogP contribution in [0.2, 0.25) is 0 Å². The van der Waals surface area contributed by atoms with Gasteiger partial charge in [-0.3, -0.25) is 4.90 Å². The molecule has 2 aliphatic rings. The molecule has 1 saturated heterocycles. The zero-order chi connectivity index (χ0) is 23.8. The summed E-state index contributed by atoms with van der Waals surface area (Å²) in [5.74, 6) is -0.566. The van der Waals surface area contributed by atoms with Crippen molar-refractivity contribution in [2.45, 2.75) is 26.3 Å². The highest BCUT2D eigenvalue weighted by Crippen LogP contribution is 2.32. The zero-order valence-corrected chi connectivity index (χ0v) is 19.8.